The van der Waals surface area contributed by atoms with Crippen molar-refractivity contribution in [1.82, 2.24) is 0 Å². The van der Waals surface area contributed by atoms with E-state index in [4.69, 9.17) is 10.8 Å². The SMILES string of the molecule is Nc1cc(C(=O)O)c(F)cc1N1CC2CCC1C2. The molecule has 1 saturated carbocycles. The van der Waals surface area contributed by atoms with Crippen molar-refractivity contribution in [3.05, 3.63) is 23.5 Å². The number of halogens is 1. The van der Waals surface area contributed by atoms with E-state index in [-0.39, 0.29) is 5.56 Å². The number of carbonyl (C=O) groups is 1. The van der Waals surface area contributed by atoms with E-state index in [0.717, 1.165) is 19.4 Å². The van der Waals surface area contributed by atoms with Crippen molar-refractivity contribution < 1.29 is 14.3 Å². The van der Waals surface area contributed by atoms with E-state index in [2.05, 4.69) is 4.90 Å². The first-order valence-corrected chi connectivity index (χ1v) is 6.15. The highest BCUT2D eigenvalue weighted by Gasteiger charge is 2.38. The van der Waals surface area contributed by atoms with Crippen molar-refractivity contribution >= 4 is 17.3 Å². The average Bonchev–Trinajstić information content (AvgIpc) is 2.93. The van der Waals surface area contributed by atoms with Gasteiger partial charge in [-0.2, -0.15) is 0 Å². The van der Waals surface area contributed by atoms with Crippen LogP contribution < -0.4 is 10.6 Å². The average molecular weight is 250 g/mol. The molecular formula is C13H15FN2O2. The van der Waals surface area contributed by atoms with Crippen LogP contribution in [0.25, 0.3) is 0 Å². The van der Waals surface area contributed by atoms with Crippen LogP contribution in [-0.4, -0.2) is 23.7 Å². The van der Waals surface area contributed by atoms with Crippen LogP contribution in [-0.2, 0) is 0 Å². The van der Waals surface area contributed by atoms with Gasteiger partial charge >= 0.3 is 5.97 Å². The maximum Gasteiger partial charge on any atom is 0.338 e. The molecule has 1 saturated heterocycles. The minimum Gasteiger partial charge on any atom is -0.478 e. The summed E-state index contributed by atoms with van der Waals surface area (Å²) in [5, 5.41) is 8.84. The fraction of sp³-hybridized carbons (Fsp3) is 0.462. The van der Waals surface area contributed by atoms with Crippen molar-refractivity contribution in [3.8, 4) is 0 Å². The summed E-state index contributed by atoms with van der Waals surface area (Å²) in [4.78, 5) is 12.9. The number of hydrogen-bond donors (Lipinski definition) is 2. The van der Waals surface area contributed by atoms with Gasteiger partial charge in [0.25, 0.3) is 0 Å². The molecule has 0 radical (unpaired) electrons. The third kappa shape index (κ3) is 1.62. The molecule has 18 heavy (non-hydrogen) atoms. The number of piperidine rings is 1. The first kappa shape index (κ1) is 11.3. The Morgan fingerprint density at radius 1 is 1.44 bits per heavy atom. The number of benzene rings is 1. The van der Waals surface area contributed by atoms with Gasteiger partial charge in [-0.15, -0.1) is 0 Å². The Kier molecular flexibility index (Phi) is 2.43. The maximum atomic E-state index is 13.7. The third-order valence-corrected chi connectivity index (χ3v) is 4.07. The van der Waals surface area contributed by atoms with Gasteiger partial charge in [0.05, 0.1) is 16.9 Å². The number of anilines is 2. The lowest BCUT2D eigenvalue weighted by atomic mass is 10.1. The van der Waals surface area contributed by atoms with Gasteiger partial charge in [0.15, 0.2) is 0 Å². The van der Waals surface area contributed by atoms with E-state index < -0.39 is 11.8 Å². The van der Waals surface area contributed by atoms with Crippen molar-refractivity contribution in [3.63, 3.8) is 0 Å². The summed E-state index contributed by atoms with van der Waals surface area (Å²) in [7, 11) is 0. The van der Waals surface area contributed by atoms with Gasteiger partial charge < -0.3 is 15.7 Å². The van der Waals surface area contributed by atoms with Crippen molar-refractivity contribution in [2.24, 2.45) is 5.92 Å². The van der Waals surface area contributed by atoms with Crippen LogP contribution in [0.2, 0.25) is 0 Å². The molecule has 0 amide bonds. The zero-order chi connectivity index (χ0) is 12.9. The van der Waals surface area contributed by atoms with Crippen LogP contribution in [0.4, 0.5) is 15.8 Å². The maximum absolute atomic E-state index is 13.7. The molecular weight excluding hydrogens is 235 g/mol. The largest absolute Gasteiger partial charge is 0.478 e. The molecule has 2 aliphatic rings. The first-order chi connectivity index (χ1) is 8.56. The molecule has 1 aromatic carbocycles. The number of hydrogen-bond acceptors (Lipinski definition) is 3. The van der Waals surface area contributed by atoms with Crippen LogP contribution in [0.1, 0.15) is 29.6 Å². The van der Waals surface area contributed by atoms with Crippen LogP contribution in [0, 0.1) is 11.7 Å². The minimum atomic E-state index is -1.28. The monoisotopic (exact) mass is 250 g/mol. The Bertz CT molecular complexity index is 518. The summed E-state index contributed by atoms with van der Waals surface area (Å²) in [5.74, 6) is -1.32. The van der Waals surface area contributed by atoms with Gasteiger partial charge in [-0.05, 0) is 31.2 Å². The number of fused-ring (bicyclic) bond motifs is 2. The molecule has 4 nitrogen and oxygen atoms in total. The fourth-order valence-corrected chi connectivity index (χ4v) is 3.21. The summed E-state index contributed by atoms with van der Waals surface area (Å²) in [6.07, 6.45) is 3.49. The van der Waals surface area contributed by atoms with Crippen molar-refractivity contribution in [2.45, 2.75) is 25.3 Å². The van der Waals surface area contributed by atoms with E-state index in [9.17, 15) is 9.18 Å². The molecule has 1 aromatic rings. The summed E-state index contributed by atoms with van der Waals surface area (Å²) >= 11 is 0. The van der Waals surface area contributed by atoms with Crippen molar-refractivity contribution in [2.75, 3.05) is 17.2 Å². The number of nitrogens with zero attached hydrogens (tertiary/aromatic N) is 1. The molecule has 0 aromatic heterocycles. The lowest BCUT2D eigenvalue weighted by molar-refractivity contribution is 0.0692. The first-order valence-electron chi connectivity index (χ1n) is 6.15. The molecule has 2 fully saturated rings. The van der Waals surface area contributed by atoms with E-state index in [0.29, 0.717) is 23.3 Å². The van der Waals surface area contributed by atoms with E-state index in [1.807, 2.05) is 0 Å². The molecule has 1 aliphatic heterocycles. The summed E-state index contributed by atoms with van der Waals surface area (Å²) in [5.41, 5.74) is 6.50. The van der Waals surface area contributed by atoms with Crippen LogP contribution in [0.15, 0.2) is 12.1 Å². The van der Waals surface area contributed by atoms with Gasteiger partial charge in [-0.3, -0.25) is 0 Å². The highest BCUT2D eigenvalue weighted by atomic mass is 19.1. The Hall–Kier alpha value is -1.78. The highest BCUT2D eigenvalue weighted by molar-refractivity contribution is 5.91. The lowest BCUT2D eigenvalue weighted by Crippen LogP contribution is -2.32. The molecule has 2 atom stereocenters. The second-order valence-electron chi connectivity index (χ2n) is 5.18. The number of nitrogen functional groups attached to an aromatic ring is 1. The number of rotatable bonds is 2. The van der Waals surface area contributed by atoms with Gasteiger partial charge in [0.1, 0.15) is 5.82 Å². The van der Waals surface area contributed by atoms with E-state index in [1.165, 1.54) is 18.6 Å². The summed E-state index contributed by atoms with van der Waals surface area (Å²) < 4.78 is 13.7. The minimum absolute atomic E-state index is 0.348. The predicted molar refractivity (Wildman–Crippen MR) is 66.2 cm³/mol. The second kappa shape index (κ2) is 3.86. The predicted octanol–water partition coefficient (Wildman–Crippen LogP) is 2.09. The van der Waals surface area contributed by atoms with E-state index >= 15 is 0 Å². The van der Waals surface area contributed by atoms with Crippen LogP contribution in [0.3, 0.4) is 0 Å². The van der Waals surface area contributed by atoms with Crippen LogP contribution >= 0.6 is 0 Å². The number of carboxylic acids is 1. The lowest BCUT2D eigenvalue weighted by Gasteiger charge is -2.30. The Labute approximate surface area is 104 Å². The molecule has 1 heterocycles. The molecule has 96 valence electrons. The van der Waals surface area contributed by atoms with Crippen LogP contribution in [0.5, 0.6) is 0 Å². The molecule has 2 bridgehead atoms. The molecule has 2 unspecified atom stereocenters. The normalized spacial score (nSPS) is 25.7. The Morgan fingerprint density at radius 2 is 2.22 bits per heavy atom. The molecule has 1 aliphatic carbocycles. The highest BCUT2D eigenvalue weighted by Crippen LogP contribution is 2.42. The summed E-state index contributed by atoms with van der Waals surface area (Å²) in [6, 6.07) is 2.92. The van der Waals surface area contributed by atoms with Gasteiger partial charge in [-0.25, -0.2) is 9.18 Å². The third-order valence-electron chi connectivity index (χ3n) is 4.07. The molecule has 5 heteroatoms. The second-order valence-corrected chi connectivity index (χ2v) is 5.18. The number of nitrogens with two attached hydrogens (primary N) is 1. The number of aromatic carboxylic acids is 1. The fourth-order valence-electron chi connectivity index (χ4n) is 3.21. The summed E-state index contributed by atoms with van der Waals surface area (Å²) in [6.45, 7) is 0.903. The Morgan fingerprint density at radius 3 is 2.78 bits per heavy atom. The smallest absolute Gasteiger partial charge is 0.338 e. The van der Waals surface area contributed by atoms with Gasteiger partial charge in [0.2, 0.25) is 0 Å². The molecule has 0 spiro atoms. The van der Waals surface area contributed by atoms with Crippen molar-refractivity contribution in [1.29, 1.82) is 0 Å². The van der Waals surface area contributed by atoms with Gasteiger partial charge in [0, 0.05) is 18.7 Å². The quantitative estimate of drug-likeness (QED) is 0.789. The Balaban J connectivity index is 1.98. The standard InChI is InChI=1S/C13H15FN2O2/c14-10-5-12(11(15)4-9(10)13(17)18)16-6-7-1-2-8(16)3-7/h4-5,7-8H,1-3,6,15H2,(H,17,18). The zero-order valence-corrected chi connectivity index (χ0v) is 9.90. The molecule has 3 rings (SSSR count). The topological polar surface area (TPSA) is 66.6 Å². The zero-order valence-electron chi connectivity index (χ0n) is 9.90. The molecule has 3 N–H and O–H groups in total. The number of carboxylic acid groups (broad SMARTS) is 1. The van der Waals surface area contributed by atoms with E-state index in [1.54, 1.807) is 0 Å². The van der Waals surface area contributed by atoms with Gasteiger partial charge in [-0.1, -0.05) is 0 Å².